The van der Waals surface area contributed by atoms with Gasteiger partial charge in [-0.05, 0) is 25.5 Å². The first-order valence-corrected chi connectivity index (χ1v) is 6.68. The molecule has 0 bridgehead atoms. The summed E-state index contributed by atoms with van der Waals surface area (Å²) >= 11 is 0. The van der Waals surface area contributed by atoms with Crippen LogP contribution < -0.4 is 0 Å². The Morgan fingerprint density at radius 2 is 1.85 bits per heavy atom. The van der Waals surface area contributed by atoms with Gasteiger partial charge in [-0.1, -0.05) is 42.5 Å². The molecule has 0 spiro atoms. The molecule has 0 radical (unpaired) electrons. The van der Waals surface area contributed by atoms with Gasteiger partial charge in [0, 0.05) is 28.9 Å². The lowest BCUT2D eigenvalue weighted by molar-refractivity contribution is 1.13. The Kier molecular flexibility index (Phi) is 3.30. The van der Waals surface area contributed by atoms with E-state index in [2.05, 4.69) is 28.7 Å². The fourth-order valence-electron chi connectivity index (χ4n) is 2.41. The SMILES string of the molecule is C=C(C)Cc1c(-c2ccccc2)ncc2cccnc12. The number of hydrogen-bond donors (Lipinski definition) is 0. The summed E-state index contributed by atoms with van der Waals surface area (Å²) in [5.74, 6) is 0. The minimum absolute atomic E-state index is 0.797. The molecule has 2 nitrogen and oxygen atoms in total. The molecule has 0 N–H and O–H groups in total. The number of benzene rings is 1. The summed E-state index contributed by atoms with van der Waals surface area (Å²) in [5.41, 5.74) is 5.41. The minimum Gasteiger partial charge on any atom is -0.256 e. The summed E-state index contributed by atoms with van der Waals surface area (Å²) < 4.78 is 0. The van der Waals surface area contributed by atoms with E-state index >= 15 is 0 Å². The lowest BCUT2D eigenvalue weighted by atomic mass is 9.98. The van der Waals surface area contributed by atoms with Gasteiger partial charge < -0.3 is 0 Å². The van der Waals surface area contributed by atoms with Crippen LogP contribution >= 0.6 is 0 Å². The maximum absolute atomic E-state index is 4.65. The first-order valence-electron chi connectivity index (χ1n) is 6.68. The second-order valence-electron chi connectivity index (χ2n) is 5.03. The molecule has 1 aromatic carbocycles. The van der Waals surface area contributed by atoms with Crippen molar-refractivity contribution in [3.05, 3.63) is 72.6 Å². The van der Waals surface area contributed by atoms with Crippen LogP contribution in [0.25, 0.3) is 22.2 Å². The van der Waals surface area contributed by atoms with Crippen molar-refractivity contribution in [1.82, 2.24) is 9.97 Å². The maximum atomic E-state index is 4.65. The number of aromatic nitrogens is 2. The van der Waals surface area contributed by atoms with E-state index in [0.29, 0.717) is 0 Å². The van der Waals surface area contributed by atoms with Gasteiger partial charge in [-0.15, -0.1) is 0 Å². The Labute approximate surface area is 118 Å². The van der Waals surface area contributed by atoms with Gasteiger partial charge in [0.15, 0.2) is 0 Å². The molecular formula is C18H16N2. The fourth-order valence-corrected chi connectivity index (χ4v) is 2.41. The van der Waals surface area contributed by atoms with Crippen LogP contribution in [0.3, 0.4) is 0 Å². The topological polar surface area (TPSA) is 25.8 Å². The summed E-state index contributed by atoms with van der Waals surface area (Å²) in [7, 11) is 0. The zero-order valence-electron chi connectivity index (χ0n) is 11.5. The number of rotatable bonds is 3. The lowest BCUT2D eigenvalue weighted by Crippen LogP contribution is -1.97. The highest BCUT2D eigenvalue weighted by molar-refractivity contribution is 5.86. The van der Waals surface area contributed by atoms with Crippen LogP contribution in [0.5, 0.6) is 0 Å². The Hall–Kier alpha value is -2.48. The molecule has 0 fully saturated rings. The van der Waals surface area contributed by atoms with Crippen LogP contribution in [0.4, 0.5) is 0 Å². The normalized spacial score (nSPS) is 10.7. The Morgan fingerprint density at radius 1 is 1.05 bits per heavy atom. The molecule has 0 amide bonds. The number of fused-ring (bicyclic) bond motifs is 1. The van der Waals surface area contributed by atoms with Crippen LogP contribution in [0.15, 0.2) is 67.0 Å². The van der Waals surface area contributed by atoms with Gasteiger partial charge in [-0.25, -0.2) is 0 Å². The third-order valence-electron chi connectivity index (χ3n) is 3.27. The highest BCUT2D eigenvalue weighted by Gasteiger charge is 2.12. The van der Waals surface area contributed by atoms with E-state index in [1.54, 1.807) is 0 Å². The second kappa shape index (κ2) is 5.25. The van der Waals surface area contributed by atoms with Gasteiger partial charge >= 0.3 is 0 Å². The zero-order chi connectivity index (χ0) is 13.9. The van der Waals surface area contributed by atoms with Crippen LogP contribution in [0, 0.1) is 0 Å². The first kappa shape index (κ1) is 12.5. The molecule has 98 valence electrons. The number of nitrogens with zero attached hydrogens (tertiary/aromatic N) is 2. The number of hydrogen-bond acceptors (Lipinski definition) is 2. The molecule has 2 heterocycles. The third-order valence-corrected chi connectivity index (χ3v) is 3.27. The Balaban J connectivity index is 2.28. The van der Waals surface area contributed by atoms with Crippen molar-refractivity contribution in [2.45, 2.75) is 13.3 Å². The molecule has 0 aliphatic rings. The Bertz CT molecular complexity index is 761. The van der Waals surface area contributed by atoms with E-state index in [4.69, 9.17) is 0 Å². The summed E-state index contributed by atoms with van der Waals surface area (Å²) in [4.78, 5) is 9.19. The van der Waals surface area contributed by atoms with Crippen molar-refractivity contribution in [3.63, 3.8) is 0 Å². The van der Waals surface area contributed by atoms with E-state index in [9.17, 15) is 0 Å². The average molecular weight is 260 g/mol. The molecule has 0 atom stereocenters. The van der Waals surface area contributed by atoms with Gasteiger partial charge in [0.05, 0.1) is 11.2 Å². The van der Waals surface area contributed by atoms with E-state index in [1.807, 2.05) is 49.6 Å². The van der Waals surface area contributed by atoms with Crippen molar-refractivity contribution in [1.29, 1.82) is 0 Å². The molecule has 0 unspecified atom stereocenters. The van der Waals surface area contributed by atoms with Crippen molar-refractivity contribution in [2.75, 3.05) is 0 Å². The monoisotopic (exact) mass is 260 g/mol. The molecule has 3 aromatic rings. The summed E-state index contributed by atoms with van der Waals surface area (Å²) in [6, 6.07) is 14.2. The second-order valence-corrected chi connectivity index (χ2v) is 5.03. The largest absolute Gasteiger partial charge is 0.256 e. The van der Waals surface area contributed by atoms with Gasteiger partial charge in [0.2, 0.25) is 0 Å². The van der Waals surface area contributed by atoms with Gasteiger partial charge in [-0.3, -0.25) is 9.97 Å². The highest BCUT2D eigenvalue weighted by atomic mass is 14.7. The average Bonchev–Trinajstić information content (AvgIpc) is 2.48. The number of pyridine rings is 2. The van der Waals surface area contributed by atoms with E-state index in [0.717, 1.165) is 39.7 Å². The molecule has 0 aliphatic carbocycles. The number of allylic oxidation sites excluding steroid dienone is 1. The predicted octanol–water partition coefficient (Wildman–Crippen LogP) is 4.42. The van der Waals surface area contributed by atoms with Gasteiger partial charge in [-0.2, -0.15) is 0 Å². The molecule has 3 rings (SSSR count). The standard InChI is InChI=1S/C18H16N2/c1-13(2)11-16-17(14-7-4-3-5-8-14)20-12-15-9-6-10-19-18(15)16/h3-10,12H,1,11H2,2H3. The third kappa shape index (κ3) is 2.32. The van der Waals surface area contributed by atoms with Crippen molar-refractivity contribution >= 4 is 10.9 Å². The van der Waals surface area contributed by atoms with Gasteiger partial charge in [0.1, 0.15) is 0 Å². The predicted molar refractivity (Wildman–Crippen MR) is 83.5 cm³/mol. The van der Waals surface area contributed by atoms with E-state index in [-0.39, 0.29) is 0 Å². The molecule has 2 heteroatoms. The maximum Gasteiger partial charge on any atom is 0.0774 e. The summed E-state index contributed by atoms with van der Waals surface area (Å²) in [6.07, 6.45) is 4.52. The highest BCUT2D eigenvalue weighted by Crippen LogP contribution is 2.28. The van der Waals surface area contributed by atoms with Crippen molar-refractivity contribution < 1.29 is 0 Å². The van der Waals surface area contributed by atoms with Gasteiger partial charge in [0.25, 0.3) is 0 Å². The summed E-state index contributed by atoms with van der Waals surface area (Å²) in [5, 5.41) is 1.07. The van der Waals surface area contributed by atoms with E-state index < -0.39 is 0 Å². The molecule has 0 aliphatic heterocycles. The molecular weight excluding hydrogens is 244 g/mol. The van der Waals surface area contributed by atoms with Crippen LogP contribution in [0.1, 0.15) is 12.5 Å². The molecule has 0 saturated carbocycles. The van der Waals surface area contributed by atoms with Crippen LogP contribution in [-0.2, 0) is 6.42 Å². The van der Waals surface area contributed by atoms with Crippen molar-refractivity contribution in [3.8, 4) is 11.3 Å². The fraction of sp³-hybridized carbons (Fsp3) is 0.111. The smallest absolute Gasteiger partial charge is 0.0774 e. The molecule has 2 aromatic heterocycles. The van der Waals surface area contributed by atoms with Crippen molar-refractivity contribution in [2.24, 2.45) is 0 Å². The zero-order valence-corrected chi connectivity index (χ0v) is 11.5. The van der Waals surface area contributed by atoms with E-state index in [1.165, 1.54) is 0 Å². The quantitative estimate of drug-likeness (QED) is 0.652. The lowest BCUT2D eigenvalue weighted by Gasteiger charge is -2.11. The summed E-state index contributed by atoms with van der Waals surface area (Å²) in [6.45, 7) is 6.07. The molecule has 0 saturated heterocycles. The van der Waals surface area contributed by atoms with Crippen LogP contribution in [0.2, 0.25) is 0 Å². The first-order chi connectivity index (χ1) is 9.75. The van der Waals surface area contributed by atoms with Crippen LogP contribution in [-0.4, -0.2) is 9.97 Å². The molecule has 20 heavy (non-hydrogen) atoms. The minimum atomic E-state index is 0.797. The Morgan fingerprint density at radius 3 is 2.60 bits per heavy atom.